The lowest BCUT2D eigenvalue weighted by molar-refractivity contribution is 0.0534. The van der Waals surface area contributed by atoms with E-state index < -0.39 is 5.60 Å². The number of carbonyl (C=O) groups is 1. The molecule has 0 spiro atoms. The number of hydrogen-bond acceptors (Lipinski definition) is 3. The molecule has 1 amide bonds. The predicted molar refractivity (Wildman–Crippen MR) is 86.2 cm³/mol. The SMILES string of the molecule is CCCCc1ccsc1C=CCNC(=O)OC(C)(C)C. The van der Waals surface area contributed by atoms with Gasteiger partial charge in [0.1, 0.15) is 5.60 Å². The monoisotopic (exact) mass is 295 g/mol. The molecule has 1 N–H and O–H groups in total. The van der Waals surface area contributed by atoms with Crippen molar-refractivity contribution in [1.29, 1.82) is 0 Å². The van der Waals surface area contributed by atoms with Gasteiger partial charge in [-0.3, -0.25) is 0 Å². The average Bonchev–Trinajstić information content (AvgIpc) is 2.77. The topological polar surface area (TPSA) is 38.3 Å². The Bertz CT molecular complexity index is 444. The Morgan fingerprint density at radius 2 is 2.20 bits per heavy atom. The first-order valence-electron chi connectivity index (χ1n) is 7.12. The third-order valence-electron chi connectivity index (χ3n) is 2.61. The van der Waals surface area contributed by atoms with Crippen molar-refractivity contribution in [1.82, 2.24) is 5.32 Å². The van der Waals surface area contributed by atoms with Crippen LogP contribution in [0.3, 0.4) is 0 Å². The van der Waals surface area contributed by atoms with Crippen molar-refractivity contribution >= 4 is 23.5 Å². The minimum absolute atomic E-state index is 0.375. The second-order valence-electron chi connectivity index (χ2n) is 5.70. The minimum atomic E-state index is -0.450. The Kier molecular flexibility index (Phi) is 6.79. The van der Waals surface area contributed by atoms with E-state index in [2.05, 4.69) is 29.8 Å². The zero-order chi connectivity index (χ0) is 15.0. The van der Waals surface area contributed by atoms with Gasteiger partial charge in [0.2, 0.25) is 0 Å². The molecule has 0 radical (unpaired) electrons. The van der Waals surface area contributed by atoms with Crippen molar-refractivity contribution in [2.75, 3.05) is 6.54 Å². The van der Waals surface area contributed by atoms with E-state index in [0.717, 1.165) is 6.42 Å². The second-order valence-corrected chi connectivity index (χ2v) is 6.65. The first kappa shape index (κ1) is 16.8. The number of thiophene rings is 1. The summed E-state index contributed by atoms with van der Waals surface area (Å²) in [6.45, 7) is 8.25. The zero-order valence-electron chi connectivity index (χ0n) is 12.9. The first-order valence-corrected chi connectivity index (χ1v) is 8.00. The molecule has 0 saturated heterocycles. The summed E-state index contributed by atoms with van der Waals surface area (Å²) >= 11 is 1.74. The van der Waals surface area contributed by atoms with E-state index in [-0.39, 0.29) is 6.09 Å². The smallest absolute Gasteiger partial charge is 0.407 e. The van der Waals surface area contributed by atoms with Gasteiger partial charge in [-0.15, -0.1) is 11.3 Å². The Morgan fingerprint density at radius 1 is 1.45 bits per heavy atom. The van der Waals surface area contributed by atoms with Gasteiger partial charge >= 0.3 is 6.09 Å². The van der Waals surface area contributed by atoms with E-state index in [1.165, 1.54) is 23.3 Å². The summed E-state index contributed by atoms with van der Waals surface area (Å²) in [6, 6.07) is 2.18. The molecular weight excluding hydrogens is 270 g/mol. The molecule has 1 heterocycles. The van der Waals surface area contributed by atoms with Crippen molar-refractivity contribution in [3.63, 3.8) is 0 Å². The van der Waals surface area contributed by atoms with Gasteiger partial charge in [-0.05, 0) is 56.7 Å². The molecule has 0 fully saturated rings. The van der Waals surface area contributed by atoms with Crippen molar-refractivity contribution in [2.24, 2.45) is 0 Å². The fourth-order valence-corrected chi connectivity index (χ4v) is 2.56. The standard InChI is InChI=1S/C16H25NO2S/c1-5-6-8-13-10-12-20-14(13)9-7-11-17-15(18)19-16(2,3)4/h7,9-10,12H,5-6,8,11H2,1-4H3,(H,17,18). The Labute approximate surface area is 126 Å². The Morgan fingerprint density at radius 3 is 2.85 bits per heavy atom. The predicted octanol–water partition coefficient (Wildman–Crippen LogP) is 4.63. The molecule has 0 unspecified atom stereocenters. The number of nitrogens with one attached hydrogen (secondary N) is 1. The number of carbonyl (C=O) groups excluding carboxylic acids is 1. The average molecular weight is 295 g/mol. The number of hydrogen-bond donors (Lipinski definition) is 1. The Hall–Kier alpha value is -1.29. The molecular formula is C16H25NO2S. The summed E-state index contributed by atoms with van der Waals surface area (Å²) < 4.78 is 5.17. The van der Waals surface area contributed by atoms with E-state index in [4.69, 9.17) is 4.74 Å². The summed E-state index contributed by atoms with van der Waals surface area (Å²) in [5, 5.41) is 4.84. The third kappa shape index (κ3) is 6.75. The molecule has 1 aromatic heterocycles. The van der Waals surface area contributed by atoms with E-state index in [1.807, 2.05) is 26.8 Å². The van der Waals surface area contributed by atoms with Gasteiger partial charge in [-0.1, -0.05) is 19.4 Å². The van der Waals surface area contributed by atoms with Crippen LogP contribution in [0.25, 0.3) is 6.08 Å². The number of amides is 1. The maximum atomic E-state index is 11.5. The van der Waals surface area contributed by atoms with Crippen molar-refractivity contribution in [3.05, 3.63) is 28.0 Å². The van der Waals surface area contributed by atoms with Crippen LogP contribution in [0.15, 0.2) is 17.5 Å². The largest absolute Gasteiger partial charge is 0.444 e. The lowest BCUT2D eigenvalue weighted by atomic mass is 10.1. The number of rotatable bonds is 6. The van der Waals surface area contributed by atoms with Crippen LogP contribution in [-0.2, 0) is 11.2 Å². The lowest BCUT2D eigenvalue weighted by Crippen LogP contribution is -2.32. The molecule has 0 aliphatic heterocycles. The van der Waals surface area contributed by atoms with Gasteiger partial charge in [0.05, 0.1) is 0 Å². The first-order chi connectivity index (χ1) is 9.42. The van der Waals surface area contributed by atoms with E-state index in [9.17, 15) is 4.79 Å². The van der Waals surface area contributed by atoms with E-state index >= 15 is 0 Å². The van der Waals surface area contributed by atoms with Gasteiger partial charge in [-0.25, -0.2) is 4.79 Å². The molecule has 1 rings (SSSR count). The molecule has 3 nitrogen and oxygen atoms in total. The summed E-state index contributed by atoms with van der Waals surface area (Å²) in [6.07, 6.45) is 7.21. The fraction of sp³-hybridized carbons (Fsp3) is 0.562. The molecule has 1 aromatic rings. The van der Waals surface area contributed by atoms with Crippen LogP contribution >= 0.6 is 11.3 Å². The van der Waals surface area contributed by atoms with E-state index in [1.54, 1.807) is 11.3 Å². The number of aryl methyl sites for hydroxylation is 1. The van der Waals surface area contributed by atoms with Crippen LogP contribution in [0.1, 0.15) is 51.0 Å². The molecule has 0 aliphatic rings. The summed E-state index contributed by atoms with van der Waals surface area (Å²) in [4.78, 5) is 12.7. The number of alkyl carbamates (subject to hydrolysis) is 1. The van der Waals surface area contributed by atoms with E-state index in [0.29, 0.717) is 6.54 Å². The maximum Gasteiger partial charge on any atom is 0.407 e. The van der Waals surface area contributed by atoms with Crippen molar-refractivity contribution in [2.45, 2.75) is 52.6 Å². The van der Waals surface area contributed by atoms with Gasteiger partial charge in [0, 0.05) is 11.4 Å². The van der Waals surface area contributed by atoms with Crippen LogP contribution < -0.4 is 5.32 Å². The lowest BCUT2D eigenvalue weighted by Gasteiger charge is -2.19. The Balaban J connectivity index is 2.38. The molecule has 0 bridgehead atoms. The summed E-state index contributed by atoms with van der Waals surface area (Å²) in [5.74, 6) is 0. The van der Waals surface area contributed by atoms with Crippen LogP contribution in [-0.4, -0.2) is 18.2 Å². The minimum Gasteiger partial charge on any atom is -0.444 e. The quantitative estimate of drug-likeness (QED) is 0.831. The number of unbranched alkanes of at least 4 members (excludes halogenated alkanes) is 1. The summed E-state index contributed by atoms with van der Waals surface area (Å²) in [5.41, 5.74) is 0.944. The molecule has 0 aromatic carbocycles. The molecule has 20 heavy (non-hydrogen) atoms. The third-order valence-corrected chi connectivity index (χ3v) is 3.54. The van der Waals surface area contributed by atoms with Crippen molar-refractivity contribution < 1.29 is 9.53 Å². The normalized spacial score (nSPS) is 11.8. The molecule has 4 heteroatoms. The highest BCUT2D eigenvalue weighted by Crippen LogP contribution is 2.20. The van der Waals surface area contributed by atoms with Crippen LogP contribution in [0, 0.1) is 0 Å². The molecule has 0 atom stereocenters. The van der Waals surface area contributed by atoms with Gasteiger partial charge in [0.15, 0.2) is 0 Å². The van der Waals surface area contributed by atoms with Gasteiger partial charge in [0.25, 0.3) is 0 Å². The highest BCUT2D eigenvalue weighted by atomic mass is 32.1. The van der Waals surface area contributed by atoms with Gasteiger partial charge in [-0.2, -0.15) is 0 Å². The molecule has 0 saturated carbocycles. The highest BCUT2D eigenvalue weighted by molar-refractivity contribution is 7.11. The van der Waals surface area contributed by atoms with Crippen LogP contribution in [0.5, 0.6) is 0 Å². The molecule has 0 aliphatic carbocycles. The zero-order valence-corrected chi connectivity index (χ0v) is 13.7. The van der Waals surface area contributed by atoms with Crippen LogP contribution in [0.4, 0.5) is 4.79 Å². The summed E-state index contributed by atoms with van der Waals surface area (Å²) in [7, 11) is 0. The highest BCUT2D eigenvalue weighted by Gasteiger charge is 2.14. The van der Waals surface area contributed by atoms with Crippen molar-refractivity contribution in [3.8, 4) is 0 Å². The second kappa shape index (κ2) is 8.10. The van der Waals surface area contributed by atoms with Crippen LogP contribution in [0.2, 0.25) is 0 Å². The fourth-order valence-electron chi connectivity index (χ4n) is 1.69. The number of ether oxygens (including phenoxy) is 1. The molecule has 112 valence electrons. The maximum absolute atomic E-state index is 11.5. The van der Waals surface area contributed by atoms with Gasteiger partial charge < -0.3 is 10.1 Å².